The average molecular weight is 302 g/mol. The minimum Gasteiger partial charge on any atom is -0.469 e. The van der Waals surface area contributed by atoms with Gasteiger partial charge < -0.3 is 10.1 Å². The molecule has 1 rings (SSSR count). The molecule has 0 aliphatic carbocycles. The maximum absolute atomic E-state index is 11.1. The minimum atomic E-state index is -0.180. The number of nitrogens with one attached hydrogen (secondary N) is 1. The topological polar surface area (TPSA) is 38.3 Å². The lowest BCUT2D eigenvalue weighted by molar-refractivity contribution is -0.140. The summed E-state index contributed by atoms with van der Waals surface area (Å²) in [6, 6.07) is 5.87. The Morgan fingerprint density at radius 2 is 2.26 bits per heavy atom. The van der Waals surface area contributed by atoms with E-state index in [1.165, 1.54) is 7.11 Å². The molecule has 0 aliphatic rings. The van der Waals surface area contributed by atoms with E-state index >= 15 is 0 Å². The van der Waals surface area contributed by atoms with Crippen LogP contribution >= 0.6 is 23.4 Å². The summed E-state index contributed by atoms with van der Waals surface area (Å²) in [6.07, 6.45) is 1.50. The summed E-state index contributed by atoms with van der Waals surface area (Å²) in [5.41, 5.74) is 1.10. The minimum absolute atomic E-state index is 0.180. The second-order valence-electron chi connectivity index (χ2n) is 4.07. The van der Waals surface area contributed by atoms with Crippen LogP contribution in [0.5, 0.6) is 0 Å². The predicted octanol–water partition coefficient (Wildman–Crippen LogP) is 3.49. The quantitative estimate of drug-likeness (QED) is 0.453. The van der Waals surface area contributed by atoms with Crippen molar-refractivity contribution in [2.45, 2.75) is 31.2 Å². The number of benzene rings is 1. The average Bonchev–Trinajstić information content (AvgIpc) is 2.41. The smallest absolute Gasteiger partial charge is 0.306 e. The van der Waals surface area contributed by atoms with Gasteiger partial charge in [-0.3, -0.25) is 4.79 Å². The maximum Gasteiger partial charge on any atom is 0.306 e. The summed E-state index contributed by atoms with van der Waals surface area (Å²) in [5, 5.41) is 4.12. The Bertz CT molecular complexity index is 412. The molecule has 0 atom stereocenters. The summed E-state index contributed by atoms with van der Waals surface area (Å²) in [7, 11) is 1.41. The Kier molecular flexibility index (Phi) is 7.94. The first kappa shape index (κ1) is 16.3. The van der Waals surface area contributed by atoms with Gasteiger partial charge in [-0.05, 0) is 30.7 Å². The third-order valence-corrected chi connectivity index (χ3v) is 4.05. The Hall–Kier alpha value is -0.710. The molecule has 5 heteroatoms. The van der Waals surface area contributed by atoms with Crippen molar-refractivity contribution in [2.24, 2.45) is 0 Å². The van der Waals surface area contributed by atoms with Gasteiger partial charge in [-0.25, -0.2) is 0 Å². The maximum atomic E-state index is 11.1. The molecule has 1 aromatic carbocycles. The summed E-state index contributed by atoms with van der Waals surface area (Å²) in [4.78, 5) is 12.2. The van der Waals surface area contributed by atoms with Gasteiger partial charge in [0.1, 0.15) is 0 Å². The Balaban J connectivity index is 2.60. The van der Waals surface area contributed by atoms with E-state index in [0.29, 0.717) is 12.2 Å². The summed E-state index contributed by atoms with van der Waals surface area (Å²) in [5.74, 6) is 0.522. The summed E-state index contributed by atoms with van der Waals surface area (Å²) >= 11 is 7.87. The molecule has 0 saturated carbocycles. The molecule has 0 heterocycles. The molecule has 1 aromatic rings. The molecule has 0 fully saturated rings. The van der Waals surface area contributed by atoms with Crippen LogP contribution in [0.2, 0.25) is 5.02 Å². The summed E-state index contributed by atoms with van der Waals surface area (Å²) < 4.78 is 4.63. The molecule has 0 bridgehead atoms. The number of esters is 1. The second kappa shape index (κ2) is 9.23. The zero-order chi connectivity index (χ0) is 14.1. The lowest BCUT2D eigenvalue weighted by Gasteiger charge is -2.11. The van der Waals surface area contributed by atoms with E-state index < -0.39 is 0 Å². The van der Waals surface area contributed by atoms with Crippen LogP contribution in [-0.2, 0) is 16.1 Å². The molecule has 106 valence electrons. The summed E-state index contributed by atoms with van der Waals surface area (Å²) in [6.45, 7) is 3.86. The number of carbonyl (C=O) groups excluding carboxylic acids is 1. The molecule has 0 spiro atoms. The fourth-order valence-electron chi connectivity index (χ4n) is 1.58. The Morgan fingerprint density at radius 1 is 1.47 bits per heavy atom. The second-order valence-corrected chi connectivity index (χ2v) is 5.61. The van der Waals surface area contributed by atoms with Gasteiger partial charge >= 0.3 is 5.97 Å². The number of carbonyl (C=O) groups is 1. The number of ether oxygens (including phenoxy) is 1. The van der Waals surface area contributed by atoms with Gasteiger partial charge in [0.25, 0.3) is 0 Å². The van der Waals surface area contributed by atoms with Crippen LogP contribution in [0.15, 0.2) is 23.1 Å². The van der Waals surface area contributed by atoms with Crippen molar-refractivity contribution >= 4 is 29.3 Å². The monoisotopic (exact) mass is 301 g/mol. The highest BCUT2D eigenvalue weighted by atomic mass is 35.5. The first-order valence-corrected chi connectivity index (χ1v) is 7.73. The van der Waals surface area contributed by atoms with Crippen molar-refractivity contribution in [3.8, 4) is 0 Å². The van der Waals surface area contributed by atoms with Crippen molar-refractivity contribution < 1.29 is 9.53 Å². The van der Waals surface area contributed by atoms with E-state index in [1.54, 1.807) is 11.8 Å². The first-order chi connectivity index (χ1) is 9.19. The molecule has 0 amide bonds. The molecular formula is C14H20ClNO2S. The van der Waals surface area contributed by atoms with Crippen LogP contribution in [0.1, 0.15) is 25.3 Å². The molecule has 1 N–H and O–H groups in total. The Morgan fingerprint density at radius 3 is 2.95 bits per heavy atom. The molecule has 0 radical (unpaired) electrons. The molecule has 3 nitrogen and oxygen atoms in total. The zero-order valence-corrected chi connectivity index (χ0v) is 12.9. The highest BCUT2D eigenvalue weighted by Gasteiger charge is 2.08. The number of halogens is 1. The van der Waals surface area contributed by atoms with Gasteiger partial charge in [0.2, 0.25) is 0 Å². The van der Waals surface area contributed by atoms with Crippen molar-refractivity contribution in [1.29, 1.82) is 0 Å². The van der Waals surface area contributed by atoms with Crippen LogP contribution in [-0.4, -0.2) is 25.4 Å². The molecule has 19 heavy (non-hydrogen) atoms. The van der Waals surface area contributed by atoms with Crippen molar-refractivity contribution in [3.63, 3.8) is 0 Å². The third kappa shape index (κ3) is 5.85. The number of methoxy groups -OCH3 is 1. The van der Waals surface area contributed by atoms with E-state index in [1.807, 2.05) is 18.2 Å². The van der Waals surface area contributed by atoms with Gasteiger partial charge in [-0.1, -0.05) is 24.6 Å². The van der Waals surface area contributed by atoms with Gasteiger partial charge in [0, 0.05) is 22.2 Å². The first-order valence-electron chi connectivity index (χ1n) is 6.36. The number of rotatable bonds is 8. The van der Waals surface area contributed by atoms with Crippen LogP contribution in [0.3, 0.4) is 0 Å². The van der Waals surface area contributed by atoms with Crippen LogP contribution in [0, 0.1) is 0 Å². The van der Waals surface area contributed by atoms with Crippen LogP contribution < -0.4 is 5.32 Å². The normalized spacial score (nSPS) is 10.5. The lowest BCUT2D eigenvalue weighted by Crippen LogP contribution is -2.14. The standard InChI is InChI=1S/C14H20ClNO2S/c1-3-8-16-10-11-12(15)5-4-6-13(11)19-9-7-14(17)18-2/h4-6,16H,3,7-10H2,1-2H3. The molecule has 0 aliphatic heterocycles. The molecule has 0 saturated heterocycles. The van der Waals surface area contributed by atoms with E-state index in [0.717, 1.165) is 35.0 Å². The fraction of sp³-hybridized carbons (Fsp3) is 0.500. The van der Waals surface area contributed by atoms with Gasteiger partial charge in [-0.15, -0.1) is 11.8 Å². The molecular weight excluding hydrogens is 282 g/mol. The van der Waals surface area contributed by atoms with Crippen LogP contribution in [0.4, 0.5) is 0 Å². The van der Waals surface area contributed by atoms with Gasteiger partial charge in [0.05, 0.1) is 13.5 Å². The fourth-order valence-corrected chi connectivity index (χ4v) is 2.90. The lowest BCUT2D eigenvalue weighted by atomic mass is 10.2. The van der Waals surface area contributed by atoms with E-state index in [9.17, 15) is 4.79 Å². The van der Waals surface area contributed by atoms with E-state index in [2.05, 4.69) is 17.0 Å². The predicted molar refractivity (Wildman–Crippen MR) is 80.8 cm³/mol. The zero-order valence-electron chi connectivity index (χ0n) is 11.4. The highest BCUT2D eigenvalue weighted by molar-refractivity contribution is 7.99. The van der Waals surface area contributed by atoms with Crippen molar-refractivity contribution in [1.82, 2.24) is 5.32 Å². The van der Waals surface area contributed by atoms with E-state index in [4.69, 9.17) is 11.6 Å². The number of thioether (sulfide) groups is 1. The van der Waals surface area contributed by atoms with Crippen LogP contribution in [0.25, 0.3) is 0 Å². The largest absolute Gasteiger partial charge is 0.469 e. The van der Waals surface area contributed by atoms with Crippen molar-refractivity contribution in [2.75, 3.05) is 19.4 Å². The van der Waals surface area contributed by atoms with E-state index in [-0.39, 0.29) is 5.97 Å². The Labute approximate surface area is 124 Å². The van der Waals surface area contributed by atoms with Crippen molar-refractivity contribution in [3.05, 3.63) is 28.8 Å². The molecule has 0 aromatic heterocycles. The number of hydrogen-bond donors (Lipinski definition) is 1. The number of hydrogen-bond acceptors (Lipinski definition) is 4. The molecule has 0 unspecified atom stereocenters. The van der Waals surface area contributed by atoms with Gasteiger partial charge in [0.15, 0.2) is 0 Å². The highest BCUT2D eigenvalue weighted by Crippen LogP contribution is 2.29. The SMILES string of the molecule is CCCNCc1c(Cl)cccc1SCCC(=O)OC. The van der Waals surface area contributed by atoms with Gasteiger partial charge in [-0.2, -0.15) is 0 Å². The third-order valence-electron chi connectivity index (χ3n) is 2.60.